The predicted molar refractivity (Wildman–Crippen MR) is 147 cm³/mol. The molecule has 2 heterocycles. The number of likely N-dealkylation sites (tertiary alicyclic amines) is 1. The van der Waals surface area contributed by atoms with Crippen molar-refractivity contribution in [2.45, 2.75) is 63.5 Å². The molecule has 4 N–H and O–H groups in total. The van der Waals surface area contributed by atoms with Crippen molar-refractivity contribution in [3.05, 3.63) is 23.2 Å². The van der Waals surface area contributed by atoms with Gasteiger partial charge in [-0.3, -0.25) is 0 Å². The number of hydrogen-bond donors (Lipinski definition) is 4. The molecular formula is C24H37ClN7O5P. The molecule has 4 rings (SSSR count). The van der Waals surface area contributed by atoms with E-state index in [1.54, 1.807) is 18.2 Å². The number of anilines is 4. The second-order valence-corrected chi connectivity index (χ2v) is 11.6. The maximum Gasteiger partial charge on any atom is 0.472 e. The first-order valence-corrected chi connectivity index (χ1v) is 14.9. The molecule has 2 aromatic rings. The maximum absolute atomic E-state index is 10.8. The summed E-state index contributed by atoms with van der Waals surface area (Å²) in [4.78, 5) is 36.3. The maximum atomic E-state index is 10.8. The van der Waals surface area contributed by atoms with E-state index in [0.29, 0.717) is 35.6 Å². The Balaban J connectivity index is 1.52. The van der Waals surface area contributed by atoms with Crippen molar-refractivity contribution in [1.82, 2.24) is 19.9 Å². The van der Waals surface area contributed by atoms with Gasteiger partial charge in [-0.15, -0.1) is 0 Å². The third kappa shape index (κ3) is 8.65. The molecule has 2 aliphatic rings. The molecule has 0 unspecified atom stereocenters. The van der Waals surface area contributed by atoms with Crippen molar-refractivity contribution >= 4 is 43.0 Å². The standard InChI is InChI=1S/C24H37ClN7O5P/c1-31-13-11-19(12-14-31)32(2)24-29-22(26-17-7-5-3-4-6-8-17)28-23(30-24)27-18-9-10-21(20(25)15-18)36-16-37-38(33,34)35/h9-10,15,17,19H,3-8,11-14,16H2,1-2H3,(H2,33,34,35)(H2,26,27,28,29,30). The molecule has 1 saturated carbocycles. The van der Waals surface area contributed by atoms with E-state index >= 15 is 0 Å². The van der Waals surface area contributed by atoms with Gasteiger partial charge in [-0.05, 0) is 64.0 Å². The van der Waals surface area contributed by atoms with Gasteiger partial charge in [-0.1, -0.05) is 37.3 Å². The molecule has 210 valence electrons. The Labute approximate surface area is 228 Å². The minimum atomic E-state index is -4.64. The van der Waals surface area contributed by atoms with Gasteiger partial charge in [0, 0.05) is 24.8 Å². The SMILES string of the molecule is CN1CCC(N(C)c2nc(Nc3ccc(OCOP(=O)(O)O)c(Cl)c3)nc(NC3CCCCCC3)n2)CC1. The summed E-state index contributed by atoms with van der Waals surface area (Å²) in [6.07, 6.45) is 9.18. The smallest absolute Gasteiger partial charge is 0.465 e. The van der Waals surface area contributed by atoms with Crippen LogP contribution in [0.4, 0.5) is 23.5 Å². The summed E-state index contributed by atoms with van der Waals surface area (Å²) in [6, 6.07) is 5.58. The number of benzene rings is 1. The van der Waals surface area contributed by atoms with Crippen LogP contribution in [0, 0.1) is 0 Å². The second kappa shape index (κ2) is 13.2. The van der Waals surface area contributed by atoms with Gasteiger partial charge in [-0.2, -0.15) is 15.0 Å². The Morgan fingerprint density at radius 2 is 1.76 bits per heavy atom. The monoisotopic (exact) mass is 569 g/mol. The van der Waals surface area contributed by atoms with E-state index in [0.717, 1.165) is 38.8 Å². The number of rotatable bonds is 10. The van der Waals surface area contributed by atoms with E-state index in [9.17, 15) is 4.57 Å². The van der Waals surface area contributed by atoms with Crippen molar-refractivity contribution < 1.29 is 23.6 Å². The Hall–Kier alpha value is -2.21. The number of nitrogens with one attached hydrogen (secondary N) is 2. The fraction of sp³-hybridized carbons (Fsp3) is 0.625. The van der Waals surface area contributed by atoms with Crippen LogP contribution in [-0.2, 0) is 9.09 Å². The molecule has 38 heavy (non-hydrogen) atoms. The molecule has 0 amide bonds. The fourth-order valence-electron chi connectivity index (χ4n) is 4.78. The molecule has 14 heteroatoms. The first-order valence-electron chi connectivity index (χ1n) is 13.0. The second-order valence-electron chi connectivity index (χ2n) is 9.91. The minimum absolute atomic E-state index is 0.222. The highest BCUT2D eigenvalue weighted by molar-refractivity contribution is 7.46. The summed E-state index contributed by atoms with van der Waals surface area (Å²) in [7, 11) is -0.460. The van der Waals surface area contributed by atoms with Gasteiger partial charge in [0.2, 0.25) is 17.8 Å². The third-order valence-electron chi connectivity index (χ3n) is 6.99. The van der Waals surface area contributed by atoms with E-state index < -0.39 is 14.6 Å². The number of halogens is 1. The van der Waals surface area contributed by atoms with Gasteiger partial charge in [0.05, 0.1) is 5.02 Å². The Morgan fingerprint density at radius 1 is 1.08 bits per heavy atom. The molecule has 1 saturated heterocycles. The van der Waals surface area contributed by atoms with Gasteiger partial charge >= 0.3 is 7.82 Å². The van der Waals surface area contributed by atoms with Crippen LogP contribution in [0.5, 0.6) is 5.75 Å². The highest BCUT2D eigenvalue weighted by Crippen LogP contribution is 2.36. The van der Waals surface area contributed by atoms with Gasteiger partial charge in [0.1, 0.15) is 5.75 Å². The number of aromatic nitrogens is 3. The lowest BCUT2D eigenvalue weighted by Crippen LogP contribution is -2.42. The summed E-state index contributed by atoms with van der Waals surface area (Å²) >= 11 is 6.32. The normalized spacial score (nSPS) is 18.1. The zero-order chi connectivity index (χ0) is 27.1. The Kier molecular flexibility index (Phi) is 10.0. The van der Waals surface area contributed by atoms with E-state index in [2.05, 4.69) is 37.0 Å². The van der Waals surface area contributed by atoms with Crippen molar-refractivity contribution in [2.75, 3.05) is 49.5 Å². The first-order chi connectivity index (χ1) is 18.2. The van der Waals surface area contributed by atoms with E-state index in [1.807, 2.05) is 7.05 Å². The van der Waals surface area contributed by atoms with Crippen LogP contribution >= 0.6 is 19.4 Å². The van der Waals surface area contributed by atoms with Gasteiger partial charge in [-0.25, -0.2) is 9.09 Å². The largest absolute Gasteiger partial charge is 0.472 e. The number of phosphoric ester groups is 1. The van der Waals surface area contributed by atoms with Crippen LogP contribution in [0.15, 0.2) is 18.2 Å². The number of ether oxygens (including phenoxy) is 1. The first kappa shape index (κ1) is 28.8. The zero-order valence-electron chi connectivity index (χ0n) is 21.8. The van der Waals surface area contributed by atoms with Crippen LogP contribution in [0.25, 0.3) is 0 Å². The number of piperidine rings is 1. The van der Waals surface area contributed by atoms with E-state index in [-0.39, 0.29) is 10.8 Å². The summed E-state index contributed by atoms with van der Waals surface area (Å²) in [5.74, 6) is 1.76. The number of nitrogens with zero attached hydrogens (tertiary/aromatic N) is 5. The minimum Gasteiger partial charge on any atom is -0.465 e. The molecule has 1 aromatic heterocycles. The van der Waals surface area contributed by atoms with Crippen molar-refractivity contribution in [3.63, 3.8) is 0 Å². The molecule has 0 atom stereocenters. The summed E-state index contributed by atoms with van der Waals surface area (Å²) in [5, 5.41) is 7.00. The van der Waals surface area contributed by atoms with E-state index in [1.165, 1.54) is 25.7 Å². The molecule has 0 spiro atoms. The number of hydrogen-bond acceptors (Lipinski definition) is 10. The van der Waals surface area contributed by atoms with Crippen molar-refractivity contribution in [3.8, 4) is 5.75 Å². The quantitative estimate of drug-likeness (QED) is 0.183. The summed E-state index contributed by atoms with van der Waals surface area (Å²) in [6.45, 7) is 1.43. The average molecular weight is 570 g/mol. The fourth-order valence-corrected chi connectivity index (χ4v) is 5.20. The number of phosphoric acid groups is 1. The van der Waals surface area contributed by atoms with Crippen molar-refractivity contribution in [1.29, 1.82) is 0 Å². The zero-order valence-corrected chi connectivity index (χ0v) is 23.5. The van der Waals surface area contributed by atoms with Gasteiger partial charge < -0.3 is 35.0 Å². The van der Waals surface area contributed by atoms with E-state index in [4.69, 9.17) is 36.1 Å². The average Bonchev–Trinajstić information content (AvgIpc) is 3.13. The highest BCUT2D eigenvalue weighted by atomic mass is 35.5. The van der Waals surface area contributed by atoms with Crippen LogP contribution in [0.1, 0.15) is 51.4 Å². The molecule has 12 nitrogen and oxygen atoms in total. The Bertz CT molecular complexity index is 1110. The molecule has 0 bridgehead atoms. The lowest BCUT2D eigenvalue weighted by atomic mass is 10.0. The van der Waals surface area contributed by atoms with Crippen LogP contribution < -0.4 is 20.3 Å². The summed E-state index contributed by atoms with van der Waals surface area (Å²) < 4.78 is 20.4. The van der Waals surface area contributed by atoms with Crippen LogP contribution in [0.2, 0.25) is 5.02 Å². The van der Waals surface area contributed by atoms with Crippen LogP contribution in [0.3, 0.4) is 0 Å². The molecular weight excluding hydrogens is 533 g/mol. The Morgan fingerprint density at radius 3 is 2.42 bits per heavy atom. The molecule has 0 radical (unpaired) electrons. The topological polar surface area (TPSA) is 145 Å². The molecule has 1 aromatic carbocycles. The predicted octanol–water partition coefficient (Wildman–Crippen LogP) is 4.38. The lowest BCUT2D eigenvalue weighted by Gasteiger charge is -2.35. The lowest BCUT2D eigenvalue weighted by molar-refractivity contribution is 0.0830. The van der Waals surface area contributed by atoms with Gasteiger partial charge in [0.25, 0.3) is 0 Å². The summed E-state index contributed by atoms with van der Waals surface area (Å²) in [5.41, 5.74) is 0.623. The third-order valence-corrected chi connectivity index (χ3v) is 7.72. The van der Waals surface area contributed by atoms with Gasteiger partial charge in [0.15, 0.2) is 6.79 Å². The van der Waals surface area contributed by atoms with Crippen LogP contribution in [-0.4, -0.2) is 75.7 Å². The van der Waals surface area contributed by atoms with Crippen molar-refractivity contribution in [2.24, 2.45) is 0 Å². The highest BCUT2D eigenvalue weighted by Gasteiger charge is 2.24. The molecule has 1 aliphatic heterocycles. The molecule has 1 aliphatic carbocycles. The molecule has 2 fully saturated rings.